The van der Waals surface area contributed by atoms with E-state index in [0.29, 0.717) is 18.3 Å². The third-order valence-electron chi connectivity index (χ3n) is 3.33. The summed E-state index contributed by atoms with van der Waals surface area (Å²) in [5.41, 5.74) is 1.70. The minimum Gasteiger partial charge on any atom is -0.494 e. The number of nitrogens with zero attached hydrogens (tertiary/aromatic N) is 2. The lowest BCUT2D eigenvalue weighted by Gasteiger charge is -2.10. The maximum Gasteiger partial charge on any atom is 0.144 e. The van der Waals surface area contributed by atoms with E-state index >= 15 is 0 Å². The minimum absolute atomic E-state index is 0.312. The smallest absolute Gasteiger partial charge is 0.144 e. The van der Waals surface area contributed by atoms with Crippen molar-refractivity contribution >= 4 is 5.69 Å². The zero-order chi connectivity index (χ0) is 14.5. The van der Waals surface area contributed by atoms with Crippen LogP contribution < -0.4 is 10.1 Å². The van der Waals surface area contributed by atoms with Crippen molar-refractivity contribution in [2.75, 3.05) is 12.4 Å². The normalized spacial score (nSPS) is 12.2. The maximum atomic E-state index is 13.1. The van der Waals surface area contributed by atoms with E-state index in [1.54, 1.807) is 6.07 Å². The zero-order valence-electron chi connectivity index (χ0n) is 12.1. The number of benzene rings is 1. The van der Waals surface area contributed by atoms with Gasteiger partial charge in [-0.3, -0.25) is 4.68 Å². The van der Waals surface area contributed by atoms with Crippen LogP contribution in [0, 0.1) is 5.82 Å². The number of anilines is 1. The number of aromatic nitrogens is 2. The van der Waals surface area contributed by atoms with Gasteiger partial charge in [-0.1, -0.05) is 6.92 Å². The topological polar surface area (TPSA) is 39.1 Å². The van der Waals surface area contributed by atoms with Crippen LogP contribution in [-0.4, -0.2) is 16.9 Å². The molecule has 0 aliphatic carbocycles. The number of hydrogen-bond acceptors (Lipinski definition) is 3. The van der Waals surface area contributed by atoms with Gasteiger partial charge in [-0.05, 0) is 31.5 Å². The zero-order valence-corrected chi connectivity index (χ0v) is 12.1. The van der Waals surface area contributed by atoms with E-state index in [2.05, 4.69) is 24.3 Å². The second kappa shape index (κ2) is 6.41. The Balaban J connectivity index is 2.03. The first-order chi connectivity index (χ1) is 9.63. The molecule has 1 heterocycles. The van der Waals surface area contributed by atoms with Gasteiger partial charge < -0.3 is 10.1 Å². The van der Waals surface area contributed by atoms with Crippen LogP contribution in [0.15, 0.2) is 30.5 Å². The monoisotopic (exact) mass is 277 g/mol. The molecule has 1 aromatic carbocycles. The fourth-order valence-electron chi connectivity index (χ4n) is 1.90. The highest BCUT2D eigenvalue weighted by Gasteiger charge is 2.07. The molecule has 1 atom stereocenters. The first kappa shape index (κ1) is 14.4. The molecule has 0 aliphatic rings. The lowest BCUT2D eigenvalue weighted by Crippen LogP contribution is -2.07. The van der Waals surface area contributed by atoms with Crippen LogP contribution in [0.4, 0.5) is 10.1 Å². The highest BCUT2D eigenvalue weighted by Crippen LogP contribution is 2.25. The van der Waals surface area contributed by atoms with Crippen LogP contribution in [0.1, 0.15) is 32.0 Å². The van der Waals surface area contributed by atoms with Gasteiger partial charge in [-0.25, -0.2) is 4.39 Å². The average molecular weight is 277 g/mol. The van der Waals surface area contributed by atoms with Crippen molar-refractivity contribution < 1.29 is 9.13 Å². The Morgan fingerprint density at radius 2 is 2.20 bits per heavy atom. The molecule has 0 radical (unpaired) electrons. The fraction of sp³-hybridized carbons (Fsp3) is 0.400. The summed E-state index contributed by atoms with van der Waals surface area (Å²) in [5.74, 6) is 0.180. The third kappa shape index (κ3) is 3.29. The highest BCUT2D eigenvalue weighted by atomic mass is 19.1. The molecule has 0 amide bonds. The first-order valence-electron chi connectivity index (χ1n) is 6.75. The van der Waals surface area contributed by atoms with Gasteiger partial charge in [-0.2, -0.15) is 5.10 Å². The van der Waals surface area contributed by atoms with E-state index in [9.17, 15) is 4.39 Å². The van der Waals surface area contributed by atoms with Crippen molar-refractivity contribution in [2.45, 2.75) is 32.9 Å². The van der Waals surface area contributed by atoms with E-state index in [-0.39, 0.29) is 5.82 Å². The van der Waals surface area contributed by atoms with Gasteiger partial charge in [-0.15, -0.1) is 0 Å². The molecular weight excluding hydrogens is 257 g/mol. The average Bonchev–Trinajstić information content (AvgIpc) is 2.93. The van der Waals surface area contributed by atoms with Crippen LogP contribution in [-0.2, 0) is 6.54 Å². The molecule has 0 saturated heterocycles. The standard InChI is InChI=1S/C15H20FN3O/c1-4-11(2)19-8-7-13(18-19)10-17-14-6-5-12(16)9-15(14)20-3/h5-9,11,17H,4,10H2,1-3H3. The Hall–Kier alpha value is -2.04. The van der Waals surface area contributed by atoms with Gasteiger partial charge in [0.05, 0.1) is 25.0 Å². The quantitative estimate of drug-likeness (QED) is 0.876. The lowest BCUT2D eigenvalue weighted by atomic mass is 10.2. The molecule has 5 heteroatoms. The van der Waals surface area contributed by atoms with Crippen LogP contribution in [0.5, 0.6) is 5.75 Å². The molecule has 0 bridgehead atoms. The molecule has 2 aromatic rings. The Morgan fingerprint density at radius 1 is 1.40 bits per heavy atom. The summed E-state index contributed by atoms with van der Waals surface area (Å²) in [4.78, 5) is 0. The summed E-state index contributed by atoms with van der Waals surface area (Å²) in [6.45, 7) is 4.84. The predicted molar refractivity (Wildman–Crippen MR) is 77.5 cm³/mol. The number of methoxy groups -OCH3 is 1. The maximum absolute atomic E-state index is 13.1. The SMILES string of the molecule is CCC(C)n1ccc(CNc2ccc(F)cc2OC)n1. The van der Waals surface area contributed by atoms with Crippen LogP contribution in [0.25, 0.3) is 0 Å². The van der Waals surface area contributed by atoms with E-state index in [1.165, 1.54) is 19.2 Å². The Labute approximate surface area is 118 Å². The van der Waals surface area contributed by atoms with Crippen molar-refractivity contribution in [1.29, 1.82) is 0 Å². The summed E-state index contributed by atoms with van der Waals surface area (Å²) in [5, 5.41) is 7.72. The summed E-state index contributed by atoms with van der Waals surface area (Å²) in [7, 11) is 1.53. The van der Waals surface area contributed by atoms with Crippen molar-refractivity contribution in [2.24, 2.45) is 0 Å². The summed E-state index contributed by atoms with van der Waals surface area (Å²) in [6.07, 6.45) is 3.02. The molecule has 108 valence electrons. The van der Waals surface area contributed by atoms with Gasteiger partial charge in [0.1, 0.15) is 11.6 Å². The van der Waals surface area contributed by atoms with E-state index in [4.69, 9.17) is 4.74 Å². The summed E-state index contributed by atoms with van der Waals surface area (Å²) < 4.78 is 20.2. The molecular formula is C15H20FN3O. The Morgan fingerprint density at radius 3 is 2.90 bits per heavy atom. The van der Waals surface area contributed by atoms with Crippen molar-refractivity contribution in [3.8, 4) is 5.75 Å². The van der Waals surface area contributed by atoms with E-state index in [1.807, 2.05) is 16.9 Å². The second-order valence-corrected chi connectivity index (χ2v) is 4.74. The number of hydrogen-bond donors (Lipinski definition) is 1. The molecule has 0 spiro atoms. The number of ether oxygens (including phenoxy) is 1. The predicted octanol–water partition coefficient (Wildman–Crippen LogP) is 3.61. The Kier molecular flexibility index (Phi) is 4.61. The molecule has 20 heavy (non-hydrogen) atoms. The van der Waals surface area contributed by atoms with Crippen molar-refractivity contribution in [1.82, 2.24) is 9.78 Å². The highest BCUT2D eigenvalue weighted by molar-refractivity contribution is 5.56. The molecule has 1 aromatic heterocycles. The Bertz CT molecular complexity index is 568. The van der Waals surface area contributed by atoms with Gasteiger partial charge in [0.2, 0.25) is 0 Å². The molecule has 1 N–H and O–H groups in total. The minimum atomic E-state index is -0.312. The van der Waals surface area contributed by atoms with Gasteiger partial charge in [0.25, 0.3) is 0 Å². The third-order valence-corrected chi connectivity index (χ3v) is 3.33. The molecule has 2 rings (SSSR count). The number of nitrogens with one attached hydrogen (secondary N) is 1. The molecule has 1 unspecified atom stereocenters. The number of halogens is 1. The molecule has 0 aliphatic heterocycles. The van der Waals surface area contributed by atoms with Crippen LogP contribution in [0.2, 0.25) is 0 Å². The van der Waals surface area contributed by atoms with Crippen LogP contribution >= 0.6 is 0 Å². The largest absolute Gasteiger partial charge is 0.494 e. The fourth-order valence-corrected chi connectivity index (χ4v) is 1.90. The van der Waals surface area contributed by atoms with Gasteiger partial charge in [0, 0.05) is 18.3 Å². The summed E-state index contributed by atoms with van der Waals surface area (Å²) >= 11 is 0. The van der Waals surface area contributed by atoms with Crippen LogP contribution in [0.3, 0.4) is 0 Å². The molecule has 0 saturated carbocycles. The van der Waals surface area contributed by atoms with E-state index < -0.39 is 0 Å². The number of rotatable bonds is 6. The molecule has 4 nitrogen and oxygen atoms in total. The second-order valence-electron chi connectivity index (χ2n) is 4.74. The van der Waals surface area contributed by atoms with Crippen molar-refractivity contribution in [3.63, 3.8) is 0 Å². The van der Waals surface area contributed by atoms with Gasteiger partial charge >= 0.3 is 0 Å². The molecule has 0 fully saturated rings. The lowest BCUT2D eigenvalue weighted by molar-refractivity contribution is 0.413. The first-order valence-corrected chi connectivity index (χ1v) is 6.75. The van der Waals surface area contributed by atoms with Crippen molar-refractivity contribution in [3.05, 3.63) is 42.0 Å². The van der Waals surface area contributed by atoms with Gasteiger partial charge in [0.15, 0.2) is 0 Å². The van der Waals surface area contributed by atoms with E-state index in [0.717, 1.165) is 17.8 Å². The summed E-state index contributed by atoms with van der Waals surface area (Å²) in [6, 6.07) is 6.81.